The first kappa shape index (κ1) is 12.8. The van der Waals surface area contributed by atoms with Gasteiger partial charge >= 0.3 is 0 Å². The van der Waals surface area contributed by atoms with Crippen molar-refractivity contribution >= 4 is 27.3 Å². The van der Waals surface area contributed by atoms with Crippen molar-refractivity contribution in [3.05, 3.63) is 56.7 Å². The smallest absolute Gasteiger partial charge is 0.0207 e. The Balaban J connectivity index is 2.03. The van der Waals surface area contributed by atoms with Gasteiger partial charge in [-0.15, -0.1) is 0 Å². The van der Waals surface area contributed by atoms with Crippen molar-refractivity contribution < 1.29 is 0 Å². The topological polar surface area (TPSA) is 12.0 Å². The van der Waals surface area contributed by atoms with Gasteiger partial charge in [0.05, 0.1) is 0 Å². The molecule has 0 aliphatic carbocycles. The van der Waals surface area contributed by atoms with Gasteiger partial charge in [0.2, 0.25) is 0 Å². The molecule has 0 aliphatic heterocycles. The molecule has 1 N–H and O–H groups in total. The van der Waals surface area contributed by atoms with Crippen molar-refractivity contribution in [1.82, 2.24) is 5.32 Å². The van der Waals surface area contributed by atoms with E-state index in [1.807, 2.05) is 7.05 Å². The molecular weight excluding hydrogens is 294 g/mol. The van der Waals surface area contributed by atoms with E-state index in [-0.39, 0.29) is 0 Å². The molecule has 17 heavy (non-hydrogen) atoms. The highest BCUT2D eigenvalue weighted by molar-refractivity contribution is 9.10. The van der Waals surface area contributed by atoms with E-state index >= 15 is 0 Å². The summed E-state index contributed by atoms with van der Waals surface area (Å²) < 4.78 is 1.20. The van der Waals surface area contributed by atoms with Crippen LogP contribution < -0.4 is 5.32 Å². The molecule has 0 fully saturated rings. The van der Waals surface area contributed by atoms with Gasteiger partial charge in [0.15, 0.2) is 0 Å². The summed E-state index contributed by atoms with van der Waals surface area (Å²) in [6, 6.07) is 11.1. The van der Waals surface area contributed by atoms with Gasteiger partial charge in [-0.05, 0) is 53.9 Å². The van der Waals surface area contributed by atoms with E-state index in [1.54, 1.807) is 11.3 Å². The summed E-state index contributed by atoms with van der Waals surface area (Å²) in [5.41, 5.74) is 2.78. The maximum Gasteiger partial charge on any atom is 0.0207 e. The Morgan fingerprint density at radius 2 is 2.06 bits per heavy atom. The summed E-state index contributed by atoms with van der Waals surface area (Å²) in [6.07, 6.45) is 2.13. The first-order valence-electron chi connectivity index (χ1n) is 5.71. The van der Waals surface area contributed by atoms with E-state index in [1.165, 1.54) is 15.6 Å². The molecule has 0 radical (unpaired) electrons. The molecule has 0 saturated carbocycles. The molecule has 1 unspecified atom stereocenters. The maximum absolute atomic E-state index is 3.61. The highest BCUT2D eigenvalue weighted by Crippen LogP contribution is 2.19. The van der Waals surface area contributed by atoms with E-state index in [9.17, 15) is 0 Å². The third-order valence-corrected chi connectivity index (χ3v) is 4.40. The van der Waals surface area contributed by atoms with Crippen LogP contribution in [0.3, 0.4) is 0 Å². The molecule has 2 rings (SSSR count). The molecule has 0 aliphatic rings. The van der Waals surface area contributed by atoms with E-state index < -0.39 is 0 Å². The van der Waals surface area contributed by atoms with Crippen LogP contribution in [0.15, 0.2) is 45.6 Å². The van der Waals surface area contributed by atoms with Crippen LogP contribution in [0, 0.1) is 0 Å². The third kappa shape index (κ3) is 3.66. The van der Waals surface area contributed by atoms with Crippen molar-refractivity contribution in [3.63, 3.8) is 0 Å². The van der Waals surface area contributed by atoms with E-state index in [2.05, 4.69) is 62.3 Å². The lowest BCUT2D eigenvalue weighted by atomic mass is 10.0. The van der Waals surface area contributed by atoms with Crippen LogP contribution >= 0.6 is 27.3 Å². The standard InChI is InChI=1S/C14H16BrNS/c1-16-13(8-11-6-7-17-10-11)9-12-4-2-3-5-14(12)15/h2-7,10,13,16H,8-9H2,1H3. The Bertz CT molecular complexity index is 453. The van der Waals surface area contributed by atoms with Crippen molar-refractivity contribution in [2.75, 3.05) is 7.05 Å². The van der Waals surface area contributed by atoms with Gasteiger partial charge in [0, 0.05) is 10.5 Å². The lowest BCUT2D eigenvalue weighted by Gasteiger charge is -2.16. The predicted octanol–water partition coefficient (Wildman–Crippen LogP) is 3.88. The van der Waals surface area contributed by atoms with Crippen LogP contribution in [0.1, 0.15) is 11.1 Å². The van der Waals surface area contributed by atoms with Crippen molar-refractivity contribution in [2.45, 2.75) is 18.9 Å². The largest absolute Gasteiger partial charge is 0.316 e. The normalized spacial score (nSPS) is 12.6. The van der Waals surface area contributed by atoms with Crippen molar-refractivity contribution in [3.8, 4) is 0 Å². The first-order chi connectivity index (χ1) is 8.29. The van der Waals surface area contributed by atoms with Gasteiger partial charge in [0.1, 0.15) is 0 Å². The zero-order valence-corrected chi connectivity index (χ0v) is 12.2. The second-order valence-corrected chi connectivity index (χ2v) is 5.75. The number of hydrogen-bond donors (Lipinski definition) is 1. The van der Waals surface area contributed by atoms with Crippen LogP contribution in [-0.2, 0) is 12.8 Å². The zero-order valence-electron chi connectivity index (χ0n) is 9.82. The van der Waals surface area contributed by atoms with Gasteiger partial charge in [-0.25, -0.2) is 0 Å². The zero-order chi connectivity index (χ0) is 12.1. The minimum absolute atomic E-state index is 0.489. The Hall–Kier alpha value is -0.640. The Kier molecular flexibility index (Phi) is 4.77. The number of hydrogen-bond acceptors (Lipinski definition) is 2. The fourth-order valence-corrected chi connectivity index (χ4v) is 3.03. The van der Waals surface area contributed by atoms with Gasteiger partial charge in [-0.2, -0.15) is 11.3 Å². The Labute approximate surface area is 115 Å². The van der Waals surface area contributed by atoms with E-state index in [0.717, 1.165) is 12.8 Å². The predicted molar refractivity (Wildman–Crippen MR) is 78.7 cm³/mol. The van der Waals surface area contributed by atoms with Crippen LogP contribution in [0.4, 0.5) is 0 Å². The lowest BCUT2D eigenvalue weighted by molar-refractivity contribution is 0.556. The van der Waals surface area contributed by atoms with Crippen molar-refractivity contribution in [2.24, 2.45) is 0 Å². The second kappa shape index (κ2) is 6.34. The maximum atomic E-state index is 3.61. The molecule has 2 aromatic rings. The van der Waals surface area contributed by atoms with Crippen LogP contribution in [0.5, 0.6) is 0 Å². The molecule has 1 aromatic heterocycles. The summed E-state index contributed by atoms with van der Waals surface area (Å²) >= 11 is 5.37. The molecule has 0 saturated heterocycles. The number of benzene rings is 1. The number of thiophene rings is 1. The van der Waals surface area contributed by atoms with E-state index in [4.69, 9.17) is 0 Å². The SMILES string of the molecule is CNC(Cc1ccsc1)Cc1ccccc1Br. The van der Waals surface area contributed by atoms with Crippen LogP contribution in [0.2, 0.25) is 0 Å². The minimum atomic E-state index is 0.489. The third-order valence-electron chi connectivity index (χ3n) is 2.89. The van der Waals surface area contributed by atoms with Gasteiger partial charge in [0.25, 0.3) is 0 Å². The summed E-state index contributed by atoms with van der Waals surface area (Å²) in [4.78, 5) is 0. The number of rotatable bonds is 5. The van der Waals surface area contributed by atoms with Gasteiger partial charge < -0.3 is 5.32 Å². The molecular formula is C14H16BrNS. The fraction of sp³-hybridized carbons (Fsp3) is 0.286. The first-order valence-corrected chi connectivity index (χ1v) is 7.45. The molecule has 1 heterocycles. The molecule has 1 aromatic carbocycles. The summed E-state index contributed by atoms with van der Waals surface area (Å²) in [5, 5.41) is 7.77. The van der Waals surface area contributed by atoms with E-state index in [0.29, 0.717) is 6.04 Å². The monoisotopic (exact) mass is 309 g/mol. The lowest BCUT2D eigenvalue weighted by Crippen LogP contribution is -2.29. The molecule has 0 amide bonds. The fourth-order valence-electron chi connectivity index (χ4n) is 1.90. The number of halogens is 1. The van der Waals surface area contributed by atoms with Crippen LogP contribution in [0.25, 0.3) is 0 Å². The van der Waals surface area contributed by atoms with Gasteiger partial charge in [-0.1, -0.05) is 34.1 Å². The van der Waals surface area contributed by atoms with Gasteiger partial charge in [-0.3, -0.25) is 0 Å². The summed E-state index contributed by atoms with van der Waals surface area (Å²) in [5.74, 6) is 0. The minimum Gasteiger partial charge on any atom is -0.316 e. The quantitative estimate of drug-likeness (QED) is 0.883. The average molecular weight is 310 g/mol. The molecule has 90 valence electrons. The molecule has 0 spiro atoms. The Morgan fingerprint density at radius 1 is 1.24 bits per heavy atom. The number of likely N-dealkylation sites (N-methyl/N-ethyl adjacent to an activating group) is 1. The summed E-state index contributed by atoms with van der Waals surface area (Å²) in [7, 11) is 2.04. The molecule has 1 nitrogen and oxygen atoms in total. The summed E-state index contributed by atoms with van der Waals surface area (Å²) in [6.45, 7) is 0. The molecule has 0 bridgehead atoms. The Morgan fingerprint density at radius 3 is 2.71 bits per heavy atom. The highest BCUT2D eigenvalue weighted by atomic mass is 79.9. The number of nitrogens with one attached hydrogen (secondary N) is 1. The second-order valence-electron chi connectivity index (χ2n) is 4.12. The average Bonchev–Trinajstić information content (AvgIpc) is 2.84. The van der Waals surface area contributed by atoms with Crippen molar-refractivity contribution in [1.29, 1.82) is 0 Å². The highest BCUT2D eigenvalue weighted by Gasteiger charge is 2.10. The molecule has 3 heteroatoms. The van der Waals surface area contributed by atoms with Crippen LogP contribution in [-0.4, -0.2) is 13.1 Å². The molecule has 1 atom stereocenters.